The van der Waals surface area contributed by atoms with E-state index in [4.69, 9.17) is 9.47 Å². The van der Waals surface area contributed by atoms with E-state index < -0.39 is 0 Å². The van der Waals surface area contributed by atoms with Crippen LogP contribution in [0, 0.1) is 0 Å². The van der Waals surface area contributed by atoms with Gasteiger partial charge in [-0.25, -0.2) is 5.10 Å². The Kier molecular flexibility index (Phi) is 6.80. The second-order valence-electron chi connectivity index (χ2n) is 5.79. The first-order valence-electron chi connectivity index (χ1n) is 8.54. The lowest BCUT2D eigenvalue weighted by Crippen LogP contribution is -2.10. The van der Waals surface area contributed by atoms with Crippen molar-refractivity contribution in [1.82, 2.24) is 10.2 Å². The molecule has 3 aromatic rings. The molecule has 2 N–H and O–H groups in total. The first-order chi connectivity index (χ1) is 13.7. The number of nitrogens with zero attached hydrogens (tertiary/aromatic N) is 2. The molecule has 0 unspecified atom stereocenters. The van der Waals surface area contributed by atoms with Gasteiger partial charge in [0.25, 0.3) is 5.56 Å². The number of H-pyrrole nitrogens is 1. The van der Waals surface area contributed by atoms with Crippen LogP contribution in [0.15, 0.2) is 69.1 Å². The van der Waals surface area contributed by atoms with Crippen LogP contribution in [0.2, 0.25) is 0 Å². The number of benzene rings is 2. The predicted octanol–water partition coefficient (Wildman–Crippen LogP) is 3.61. The lowest BCUT2D eigenvalue weighted by molar-refractivity contribution is 0.297. The summed E-state index contributed by atoms with van der Waals surface area (Å²) in [5.74, 6) is 1.29. The number of hydrogen-bond acceptors (Lipinski definition) is 6. The fraction of sp³-hybridized carbons (Fsp3) is 0.150. The number of aromatic nitrogens is 2. The zero-order valence-corrected chi connectivity index (χ0v) is 16.8. The van der Waals surface area contributed by atoms with E-state index in [1.165, 1.54) is 11.8 Å². The van der Waals surface area contributed by atoms with Crippen molar-refractivity contribution < 1.29 is 9.47 Å². The first-order valence-corrected chi connectivity index (χ1v) is 9.33. The zero-order valence-electron chi connectivity index (χ0n) is 15.2. The highest BCUT2D eigenvalue weighted by atomic mass is 79.9. The summed E-state index contributed by atoms with van der Waals surface area (Å²) in [4.78, 5) is 11.5. The largest absolute Gasteiger partial charge is 0.493 e. The van der Waals surface area contributed by atoms with Gasteiger partial charge in [-0.3, -0.25) is 10.2 Å². The number of anilines is 1. The number of hydrazone groups is 1. The Labute approximate surface area is 170 Å². The van der Waals surface area contributed by atoms with Crippen LogP contribution in [0.25, 0.3) is 0 Å². The molecule has 7 nitrogen and oxygen atoms in total. The second-order valence-corrected chi connectivity index (χ2v) is 6.58. The summed E-state index contributed by atoms with van der Waals surface area (Å²) >= 11 is 3.18. The molecule has 0 bridgehead atoms. The topological polar surface area (TPSA) is 88.6 Å². The molecule has 0 atom stereocenters. The van der Waals surface area contributed by atoms with Crippen LogP contribution in [0.1, 0.15) is 11.1 Å². The second kappa shape index (κ2) is 9.70. The van der Waals surface area contributed by atoms with Gasteiger partial charge in [-0.15, -0.1) is 0 Å². The summed E-state index contributed by atoms with van der Waals surface area (Å²) in [6, 6.07) is 15.7. The Morgan fingerprint density at radius 2 is 2.04 bits per heavy atom. The summed E-state index contributed by atoms with van der Waals surface area (Å²) in [6.07, 6.45) is 3.90. The number of ether oxygens (including phenoxy) is 2. The highest BCUT2D eigenvalue weighted by Crippen LogP contribution is 2.27. The third kappa shape index (κ3) is 5.20. The monoisotopic (exact) mass is 442 g/mol. The molecule has 8 heteroatoms. The molecule has 0 fully saturated rings. The minimum atomic E-state index is -0.334. The first kappa shape index (κ1) is 19.6. The quantitative estimate of drug-likeness (QED) is 0.410. The number of hydrogen-bond donors (Lipinski definition) is 2. The maximum atomic E-state index is 11.5. The van der Waals surface area contributed by atoms with Crippen molar-refractivity contribution in [3.8, 4) is 11.5 Å². The predicted molar refractivity (Wildman–Crippen MR) is 112 cm³/mol. The third-order valence-corrected chi connectivity index (χ3v) is 4.66. The van der Waals surface area contributed by atoms with Crippen LogP contribution in [0.4, 0.5) is 5.69 Å². The van der Waals surface area contributed by atoms with E-state index in [9.17, 15) is 4.79 Å². The molecular formula is C20H19BrN4O3. The molecular weight excluding hydrogens is 424 g/mol. The Bertz CT molecular complexity index is 1010. The summed E-state index contributed by atoms with van der Waals surface area (Å²) < 4.78 is 11.6. The molecule has 3 rings (SSSR count). The normalized spacial score (nSPS) is 10.8. The van der Waals surface area contributed by atoms with Crippen LogP contribution in [0.5, 0.6) is 11.5 Å². The smallest absolute Gasteiger partial charge is 0.280 e. The summed E-state index contributed by atoms with van der Waals surface area (Å²) in [5.41, 5.74) is 4.94. The number of methoxy groups -OCH3 is 1. The highest BCUT2D eigenvalue weighted by Gasteiger charge is 2.06. The molecule has 0 aliphatic heterocycles. The minimum absolute atomic E-state index is 0.333. The van der Waals surface area contributed by atoms with Crippen LogP contribution < -0.4 is 20.5 Å². The lowest BCUT2D eigenvalue weighted by Gasteiger charge is -2.11. The van der Waals surface area contributed by atoms with Crippen molar-refractivity contribution in [1.29, 1.82) is 0 Å². The summed E-state index contributed by atoms with van der Waals surface area (Å²) in [5, 5.41) is 10.2. The standard InChI is InChI=1S/C20H19BrN4O3/c1-27-18-11-15(12-22-24-16-13-23-25-20(26)19(16)21)7-8-17(18)28-10-9-14-5-3-2-4-6-14/h2-8,11-13H,9-10H2,1H3,(H2,24,25,26)/b22-12+. The van der Waals surface area contributed by atoms with E-state index in [-0.39, 0.29) is 5.56 Å². The van der Waals surface area contributed by atoms with Crippen molar-refractivity contribution in [3.05, 3.63) is 80.7 Å². The Hall–Kier alpha value is -3.13. The maximum Gasteiger partial charge on any atom is 0.280 e. The molecule has 0 saturated carbocycles. The lowest BCUT2D eigenvalue weighted by atomic mass is 10.2. The number of nitrogens with one attached hydrogen (secondary N) is 2. The Morgan fingerprint density at radius 1 is 1.21 bits per heavy atom. The molecule has 0 spiro atoms. The van der Waals surface area contributed by atoms with E-state index in [2.05, 4.69) is 48.8 Å². The van der Waals surface area contributed by atoms with Gasteiger partial charge in [0.05, 0.1) is 31.8 Å². The average molecular weight is 443 g/mol. The van der Waals surface area contributed by atoms with Gasteiger partial charge in [0.2, 0.25) is 0 Å². The number of aromatic amines is 1. The summed E-state index contributed by atoms with van der Waals surface area (Å²) in [7, 11) is 1.59. The molecule has 1 aromatic heterocycles. The fourth-order valence-electron chi connectivity index (χ4n) is 2.45. The number of rotatable bonds is 8. The van der Waals surface area contributed by atoms with Gasteiger partial charge in [0.1, 0.15) is 4.47 Å². The number of halogens is 1. The van der Waals surface area contributed by atoms with E-state index in [1.807, 2.05) is 36.4 Å². The molecule has 0 saturated heterocycles. The van der Waals surface area contributed by atoms with Crippen LogP contribution in [0.3, 0.4) is 0 Å². The molecule has 2 aromatic carbocycles. The Balaban J connectivity index is 1.62. The molecule has 0 amide bonds. The zero-order chi connectivity index (χ0) is 19.8. The SMILES string of the molecule is COc1cc(/C=N/Nc2cn[nH]c(=O)c2Br)ccc1OCCc1ccccc1. The molecule has 0 aliphatic rings. The van der Waals surface area contributed by atoms with Crippen LogP contribution >= 0.6 is 15.9 Å². The van der Waals surface area contributed by atoms with Crippen molar-refractivity contribution >= 4 is 27.8 Å². The molecule has 0 aliphatic carbocycles. The van der Waals surface area contributed by atoms with Gasteiger partial charge in [-0.1, -0.05) is 30.3 Å². The van der Waals surface area contributed by atoms with Gasteiger partial charge < -0.3 is 9.47 Å². The maximum absolute atomic E-state index is 11.5. The highest BCUT2D eigenvalue weighted by molar-refractivity contribution is 9.10. The van der Waals surface area contributed by atoms with Gasteiger partial charge >= 0.3 is 0 Å². The third-order valence-electron chi connectivity index (χ3n) is 3.87. The van der Waals surface area contributed by atoms with Gasteiger partial charge in [-0.2, -0.15) is 10.2 Å². The van der Waals surface area contributed by atoms with Crippen molar-refractivity contribution in [2.24, 2.45) is 5.10 Å². The molecule has 144 valence electrons. The molecule has 28 heavy (non-hydrogen) atoms. The molecule has 0 radical (unpaired) electrons. The van der Waals surface area contributed by atoms with E-state index in [0.29, 0.717) is 28.3 Å². The van der Waals surface area contributed by atoms with Crippen LogP contribution in [-0.4, -0.2) is 30.1 Å². The van der Waals surface area contributed by atoms with Crippen molar-refractivity contribution in [2.75, 3.05) is 19.1 Å². The summed E-state index contributed by atoms with van der Waals surface area (Å²) in [6.45, 7) is 0.555. The van der Waals surface area contributed by atoms with Crippen molar-refractivity contribution in [2.45, 2.75) is 6.42 Å². The fourth-order valence-corrected chi connectivity index (χ4v) is 2.72. The van der Waals surface area contributed by atoms with E-state index in [1.54, 1.807) is 13.3 Å². The average Bonchev–Trinajstić information content (AvgIpc) is 2.72. The van der Waals surface area contributed by atoms with Gasteiger partial charge in [-0.05, 0) is 45.3 Å². The molecule has 1 heterocycles. The van der Waals surface area contributed by atoms with Crippen LogP contribution in [-0.2, 0) is 6.42 Å². The van der Waals surface area contributed by atoms with E-state index in [0.717, 1.165) is 12.0 Å². The Morgan fingerprint density at radius 3 is 2.82 bits per heavy atom. The van der Waals surface area contributed by atoms with E-state index >= 15 is 0 Å². The van der Waals surface area contributed by atoms with Gasteiger partial charge in [0, 0.05) is 6.42 Å². The van der Waals surface area contributed by atoms with Gasteiger partial charge in [0.15, 0.2) is 11.5 Å². The minimum Gasteiger partial charge on any atom is -0.493 e. The van der Waals surface area contributed by atoms with Crippen molar-refractivity contribution in [3.63, 3.8) is 0 Å².